The van der Waals surface area contributed by atoms with Crippen molar-refractivity contribution < 1.29 is 23.1 Å². The predicted octanol–water partition coefficient (Wildman–Crippen LogP) is 8.51. The summed E-state index contributed by atoms with van der Waals surface area (Å²) in [6.07, 6.45) is -1.95. The summed E-state index contributed by atoms with van der Waals surface area (Å²) in [7, 11) is 0. The summed E-state index contributed by atoms with van der Waals surface area (Å²) in [5.41, 5.74) is -2.07. The second-order valence-electron chi connectivity index (χ2n) is 11.1. The SMILES string of the molecule is C=CC[C@@]1(C)C[C@H](c2cccc(Cl)c2)C(c2ccc(Cl)cc2)N(C(CC)C[C@](O)(C2CC2)C(F)(F)F)C1=O. The number of carbonyl (C=O) groups is 1. The first-order valence-corrected chi connectivity index (χ1v) is 13.8. The standard InChI is InChI=1S/C30H34Cl2F3NO2/c1-4-15-28(3)18-25(20-7-6-8-23(32)16-20)26(19-9-13-22(31)14-10-19)36(27(28)37)24(5-2)17-29(38,21-11-12-21)30(33,34)35/h4,6-10,13-14,16,21,24-26,38H,1,5,11-12,15,17-18H2,2-3H3/t24?,25-,26?,28+,29+/m1/s1. The van der Waals surface area contributed by atoms with Gasteiger partial charge in [-0.2, -0.15) is 13.2 Å². The van der Waals surface area contributed by atoms with E-state index in [4.69, 9.17) is 23.2 Å². The number of rotatable bonds is 9. The number of allylic oxidation sites excluding steroid dienone is 1. The molecular weight excluding hydrogens is 534 g/mol. The average Bonchev–Trinajstić information content (AvgIpc) is 3.70. The van der Waals surface area contributed by atoms with Gasteiger partial charge in [-0.05, 0) is 73.4 Å². The van der Waals surface area contributed by atoms with E-state index in [1.54, 1.807) is 36.1 Å². The molecule has 2 aromatic rings. The molecule has 8 heteroatoms. The predicted molar refractivity (Wildman–Crippen MR) is 145 cm³/mol. The maximum Gasteiger partial charge on any atom is 0.417 e. The van der Waals surface area contributed by atoms with Crippen LogP contribution >= 0.6 is 23.2 Å². The van der Waals surface area contributed by atoms with Gasteiger partial charge in [0.1, 0.15) is 0 Å². The number of carbonyl (C=O) groups excluding carboxylic acids is 1. The molecule has 0 aromatic heterocycles. The zero-order valence-corrected chi connectivity index (χ0v) is 23.2. The Bertz CT molecular complexity index is 1170. The van der Waals surface area contributed by atoms with Crippen molar-refractivity contribution in [2.45, 2.75) is 82.2 Å². The van der Waals surface area contributed by atoms with Crippen LogP contribution in [-0.4, -0.2) is 33.7 Å². The van der Waals surface area contributed by atoms with Gasteiger partial charge in [0.25, 0.3) is 0 Å². The van der Waals surface area contributed by atoms with Gasteiger partial charge in [0.15, 0.2) is 5.60 Å². The molecule has 0 bridgehead atoms. The zero-order chi connectivity index (χ0) is 27.9. The summed E-state index contributed by atoms with van der Waals surface area (Å²) in [5.74, 6) is -1.34. The highest BCUT2D eigenvalue weighted by atomic mass is 35.5. The highest BCUT2D eigenvalue weighted by Gasteiger charge is 2.63. The van der Waals surface area contributed by atoms with Gasteiger partial charge in [-0.1, -0.05) is 67.4 Å². The molecule has 1 heterocycles. The van der Waals surface area contributed by atoms with Crippen LogP contribution in [0.5, 0.6) is 0 Å². The van der Waals surface area contributed by atoms with Gasteiger partial charge in [-0.15, -0.1) is 6.58 Å². The van der Waals surface area contributed by atoms with Gasteiger partial charge >= 0.3 is 6.18 Å². The van der Waals surface area contributed by atoms with Crippen molar-refractivity contribution in [3.63, 3.8) is 0 Å². The largest absolute Gasteiger partial charge is 0.417 e. The summed E-state index contributed by atoms with van der Waals surface area (Å²) < 4.78 is 42.9. The number of amides is 1. The van der Waals surface area contributed by atoms with E-state index in [2.05, 4.69) is 6.58 Å². The molecule has 2 aromatic carbocycles. The first kappa shape index (κ1) is 29.0. The number of hydrogen-bond acceptors (Lipinski definition) is 2. The van der Waals surface area contributed by atoms with Crippen LogP contribution in [0.25, 0.3) is 0 Å². The molecule has 1 N–H and O–H groups in total. The number of benzene rings is 2. The Balaban J connectivity index is 1.89. The molecule has 5 atom stereocenters. The molecule has 206 valence electrons. The van der Waals surface area contributed by atoms with Crippen molar-refractivity contribution in [2.75, 3.05) is 0 Å². The smallest absolute Gasteiger partial charge is 0.380 e. The average molecular weight is 569 g/mol. The lowest BCUT2D eigenvalue weighted by molar-refractivity contribution is -0.275. The van der Waals surface area contributed by atoms with Gasteiger partial charge in [-0.3, -0.25) is 4.79 Å². The van der Waals surface area contributed by atoms with Gasteiger partial charge in [-0.25, -0.2) is 0 Å². The Kier molecular flexibility index (Phi) is 8.28. The first-order chi connectivity index (χ1) is 17.8. The molecule has 38 heavy (non-hydrogen) atoms. The van der Waals surface area contributed by atoms with Gasteiger partial charge in [0, 0.05) is 28.4 Å². The van der Waals surface area contributed by atoms with E-state index in [0.29, 0.717) is 35.7 Å². The lowest BCUT2D eigenvalue weighted by atomic mass is 9.66. The summed E-state index contributed by atoms with van der Waals surface area (Å²) in [5, 5.41) is 12.1. The Labute approximate surface area is 232 Å². The van der Waals surface area contributed by atoms with Crippen molar-refractivity contribution in [2.24, 2.45) is 11.3 Å². The minimum absolute atomic E-state index is 0.234. The monoisotopic (exact) mass is 567 g/mol. The van der Waals surface area contributed by atoms with Crippen LogP contribution in [0, 0.1) is 11.3 Å². The summed E-state index contributed by atoms with van der Waals surface area (Å²) in [4.78, 5) is 15.9. The molecule has 1 aliphatic carbocycles. The molecule has 0 radical (unpaired) electrons. The molecule has 1 saturated carbocycles. The third kappa shape index (κ3) is 5.50. The van der Waals surface area contributed by atoms with E-state index in [1.165, 1.54) is 0 Å². The van der Waals surface area contributed by atoms with Crippen LogP contribution in [0.3, 0.4) is 0 Å². The van der Waals surface area contributed by atoms with Crippen molar-refractivity contribution in [3.05, 3.63) is 82.4 Å². The lowest BCUT2D eigenvalue weighted by Crippen LogP contribution is -2.59. The minimum atomic E-state index is -4.80. The van der Waals surface area contributed by atoms with E-state index in [9.17, 15) is 23.1 Å². The number of halogens is 5. The van der Waals surface area contributed by atoms with E-state index < -0.39 is 41.6 Å². The third-order valence-electron chi connectivity index (χ3n) is 8.34. The van der Waals surface area contributed by atoms with E-state index in [-0.39, 0.29) is 18.2 Å². The molecular formula is C30H34Cl2F3NO2. The van der Waals surface area contributed by atoms with Crippen molar-refractivity contribution in [3.8, 4) is 0 Å². The van der Waals surface area contributed by atoms with Crippen molar-refractivity contribution >= 4 is 29.1 Å². The molecule has 2 unspecified atom stereocenters. The molecule has 2 aliphatic rings. The highest BCUT2D eigenvalue weighted by Crippen LogP contribution is 2.55. The maximum atomic E-state index is 14.3. The molecule has 0 spiro atoms. The Morgan fingerprint density at radius 1 is 1.13 bits per heavy atom. The number of piperidine rings is 1. The van der Waals surface area contributed by atoms with Crippen LogP contribution in [0.4, 0.5) is 13.2 Å². The fourth-order valence-corrected chi connectivity index (χ4v) is 6.49. The molecule has 4 rings (SSSR count). The zero-order valence-electron chi connectivity index (χ0n) is 21.6. The Hall–Kier alpha value is -2.02. The van der Waals surface area contributed by atoms with Gasteiger partial charge in [0.05, 0.1) is 11.5 Å². The number of likely N-dealkylation sites (tertiary alicyclic amines) is 1. The van der Waals surface area contributed by atoms with Crippen LogP contribution < -0.4 is 0 Å². The normalized spacial score (nSPS) is 26.6. The molecule has 3 nitrogen and oxygen atoms in total. The summed E-state index contributed by atoms with van der Waals surface area (Å²) in [6.45, 7) is 7.47. The number of alkyl halides is 3. The van der Waals surface area contributed by atoms with Crippen LogP contribution in [0.1, 0.15) is 75.5 Å². The lowest BCUT2D eigenvalue weighted by Gasteiger charge is -2.53. The fraction of sp³-hybridized carbons (Fsp3) is 0.500. The van der Waals surface area contributed by atoms with Crippen LogP contribution in [0.2, 0.25) is 10.0 Å². The highest BCUT2D eigenvalue weighted by molar-refractivity contribution is 6.30. The number of nitrogens with zero attached hydrogens (tertiary/aromatic N) is 1. The Morgan fingerprint density at radius 3 is 2.32 bits per heavy atom. The number of hydrogen-bond donors (Lipinski definition) is 1. The molecule has 1 amide bonds. The quantitative estimate of drug-likeness (QED) is 0.308. The molecule has 2 fully saturated rings. The van der Waals surface area contributed by atoms with Crippen molar-refractivity contribution in [1.29, 1.82) is 0 Å². The van der Waals surface area contributed by atoms with E-state index >= 15 is 0 Å². The van der Waals surface area contributed by atoms with Crippen LogP contribution in [-0.2, 0) is 4.79 Å². The van der Waals surface area contributed by atoms with Crippen LogP contribution in [0.15, 0.2) is 61.2 Å². The summed E-state index contributed by atoms with van der Waals surface area (Å²) >= 11 is 12.6. The van der Waals surface area contributed by atoms with Gasteiger partial charge < -0.3 is 10.0 Å². The topological polar surface area (TPSA) is 40.5 Å². The second-order valence-corrected chi connectivity index (χ2v) is 12.0. The molecule has 1 aliphatic heterocycles. The van der Waals surface area contributed by atoms with E-state index in [0.717, 1.165) is 11.1 Å². The van der Waals surface area contributed by atoms with Crippen molar-refractivity contribution in [1.82, 2.24) is 4.90 Å². The second kappa shape index (κ2) is 10.9. The first-order valence-electron chi connectivity index (χ1n) is 13.1. The summed E-state index contributed by atoms with van der Waals surface area (Å²) in [6, 6.07) is 13.1. The van der Waals surface area contributed by atoms with E-state index in [1.807, 2.05) is 37.3 Å². The number of aliphatic hydroxyl groups is 1. The Morgan fingerprint density at radius 2 is 1.79 bits per heavy atom. The van der Waals surface area contributed by atoms with Gasteiger partial charge in [0.2, 0.25) is 5.91 Å². The molecule has 1 saturated heterocycles. The fourth-order valence-electron chi connectivity index (χ4n) is 6.16. The third-order valence-corrected chi connectivity index (χ3v) is 8.83. The minimum Gasteiger partial charge on any atom is -0.380 e. The maximum absolute atomic E-state index is 14.3.